The topological polar surface area (TPSA) is 8.17 Å². The van der Waals surface area contributed by atoms with Crippen LogP contribution >= 0.6 is 0 Å². The third-order valence-corrected chi connectivity index (χ3v) is 4.63. The minimum absolute atomic E-state index is 0.210. The van der Waals surface area contributed by atoms with Crippen LogP contribution in [0.2, 0.25) is 0 Å². The van der Waals surface area contributed by atoms with Crippen LogP contribution in [0.1, 0.15) is 16.8 Å². The summed E-state index contributed by atoms with van der Waals surface area (Å²) in [6.45, 7) is 1.81. The molecule has 1 aromatic heterocycles. The van der Waals surface area contributed by atoms with Crippen LogP contribution < -0.4 is 0 Å². The maximum atomic E-state index is 13.7. The molecule has 2 heterocycles. The van der Waals surface area contributed by atoms with E-state index in [0.29, 0.717) is 0 Å². The van der Waals surface area contributed by atoms with Crippen molar-refractivity contribution in [3.8, 4) is 0 Å². The molecule has 4 rings (SSSR count). The molecule has 1 aliphatic rings. The molecule has 0 spiro atoms. The monoisotopic (exact) mass is 324 g/mol. The fourth-order valence-corrected chi connectivity index (χ4v) is 3.40. The normalized spacial score (nSPS) is 15.3. The SMILES string of the molecule is CN1CCc2c(c3cc(F)ccc3n2/C=C\c2ccc(F)cc2)C1. The van der Waals surface area contributed by atoms with E-state index in [1.165, 1.54) is 29.5 Å². The molecule has 0 saturated heterocycles. The number of hydrogen-bond donors (Lipinski definition) is 0. The third-order valence-electron chi connectivity index (χ3n) is 4.63. The average molecular weight is 324 g/mol. The van der Waals surface area contributed by atoms with Gasteiger partial charge >= 0.3 is 0 Å². The van der Waals surface area contributed by atoms with Crippen molar-refractivity contribution in [1.82, 2.24) is 9.47 Å². The summed E-state index contributed by atoms with van der Waals surface area (Å²) in [5.74, 6) is -0.451. The second-order valence-corrected chi connectivity index (χ2v) is 6.31. The molecule has 122 valence electrons. The molecule has 4 heteroatoms. The first kappa shape index (κ1) is 15.1. The summed E-state index contributed by atoms with van der Waals surface area (Å²) in [6, 6.07) is 11.3. The van der Waals surface area contributed by atoms with Crippen LogP contribution in [0.25, 0.3) is 23.2 Å². The summed E-state index contributed by atoms with van der Waals surface area (Å²) >= 11 is 0. The maximum absolute atomic E-state index is 13.7. The second-order valence-electron chi connectivity index (χ2n) is 6.31. The van der Waals surface area contributed by atoms with Crippen molar-refractivity contribution in [3.05, 3.63) is 70.9 Å². The molecule has 0 atom stereocenters. The van der Waals surface area contributed by atoms with Gasteiger partial charge in [-0.3, -0.25) is 0 Å². The van der Waals surface area contributed by atoms with E-state index in [0.717, 1.165) is 36.0 Å². The van der Waals surface area contributed by atoms with E-state index in [2.05, 4.69) is 16.5 Å². The number of fused-ring (bicyclic) bond motifs is 3. The zero-order valence-corrected chi connectivity index (χ0v) is 13.5. The Labute approximate surface area is 139 Å². The lowest BCUT2D eigenvalue weighted by Gasteiger charge is -2.23. The quantitative estimate of drug-likeness (QED) is 0.672. The minimum atomic E-state index is -0.241. The average Bonchev–Trinajstić information content (AvgIpc) is 2.87. The lowest BCUT2D eigenvalue weighted by Crippen LogP contribution is -2.26. The first-order chi connectivity index (χ1) is 11.6. The summed E-state index contributed by atoms with van der Waals surface area (Å²) < 4.78 is 28.9. The van der Waals surface area contributed by atoms with Gasteiger partial charge in [-0.15, -0.1) is 0 Å². The second kappa shape index (κ2) is 5.87. The Kier molecular flexibility index (Phi) is 3.69. The van der Waals surface area contributed by atoms with Crippen LogP contribution in [0.3, 0.4) is 0 Å². The lowest BCUT2D eigenvalue weighted by molar-refractivity contribution is 0.312. The van der Waals surface area contributed by atoms with Gasteiger partial charge in [0, 0.05) is 36.8 Å². The summed E-state index contributed by atoms with van der Waals surface area (Å²) in [7, 11) is 2.08. The Bertz CT molecular complexity index is 923. The Morgan fingerprint density at radius 3 is 2.54 bits per heavy atom. The van der Waals surface area contributed by atoms with E-state index < -0.39 is 0 Å². The molecule has 1 aliphatic heterocycles. The smallest absolute Gasteiger partial charge is 0.123 e. The van der Waals surface area contributed by atoms with Gasteiger partial charge in [-0.2, -0.15) is 0 Å². The molecule has 0 amide bonds. The Morgan fingerprint density at radius 1 is 1.00 bits per heavy atom. The van der Waals surface area contributed by atoms with Crippen molar-refractivity contribution in [2.45, 2.75) is 13.0 Å². The molecule has 0 aliphatic carbocycles. The summed E-state index contributed by atoms with van der Waals surface area (Å²) in [4.78, 5) is 2.25. The number of benzene rings is 2. The molecule has 0 saturated carbocycles. The van der Waals surface area contributed by atoms with E-state index in [1.807, 2.05) is 18.3 Å². The predicted molar refractivity (Wildman–Crippen MR) is 93.6 cm³/mol. The molecule has 2 nitrogen and oxygen atoms in total. The standard InChI is InChI=1S/C20H18F2N2/c1-23-10-9-20-18(13-23)17-12-16(22)6-7-19(17)24(20)11-8-14-2-4-15(21)5-3-14/h2-8,11-12H,9-10,13H2,1H3/b11-8-. The fraction of sp³-hybridized carbons (Fsp3) is 0.200. The van der Waals surface area contributed by atoms with Gasteiger partial charge in [0.1, 0.15) is 11.6 Å². The van der Waals surface area contributed by atoms with Crippen LogP contribution in [0, 0.1) is 11.6 Å². The predicted octanol–water partition coefficient (Wildman–Crippen LogP) is 4.54. The van der Waals surface area contributed by atoms with Gasteiger partial charge in [0.05, 0.1) is 5.52 Å². The van der Waals surface area contributed by atoms with E-state index in [9.17, 15) is 8.78 Å². The van der Waals surface area contributed by atoms with Crippen molar-refractivity contribution >= 4 is 23.2 Å². The molecule has 0 unspecified atom stereocenters. The number of nitrogens with zero attached hydrogens (tertiary/aromatic N) is 2. The highest BCUT2D eigenvalue weighted by atomic mass is 19.1. The fourth-order valence-electron chi connectivity index (χ4n) is 3.40. The Hall–Kier alpha value is -2.46. The summed E-state index contributed by atoms with van der Waals surface area (Å²) in [6.07, 6.45) is 4.88. The Morgan fingerprint density at radius 2 is 1.75 bits per heavy atom. The van der Waals surface area contributed by atoms with Crippen LogP contribution in [-0.2, 0) is 13.0 Å². The number of aromatic nitrogens is 1. The number of likely N-dealkylation sites (N-methyl/N-ethyl adjacent to an activating group) is 1. The van der Waals surface area contributed by atoms with Gasteiger partial charge in [-0.25, -0.2) is 8.78 Å². The van der Waals surface area contributed by atoms with E-state index in [4.69, 9.17) is 0 Å². The highest BCUT2D eigenvalue weighted by Crippen LogP contribution is 2.31. The number of rotatable bonds is 2. The van der Waals surface area contributed by atoms with Crippen LogP contribution in [-0.4, -0.2) is 23.1 Å². The van der Waals surface area contributed by atoms with Crippen molar-refractivity contribution in [3.63, 3.8) is 0 Å². The maximum Gasteiger partial charge on any atom is 0.123 e. The van der Waals surface area contributed by atoms with Gasteiger partial charge in [-0.1, -0.05) is 12.1 Å². The Balaban J connectivity index is 1.84. The molecule has 0 bridgehead atoms. The molecule has 2 aromatic carbocycles. The third kappa shape index (κ3) is 2.63. The van der Waals surface area contributed by atoms with Crippen LogP contribution in [0.15, 0.2) is 42.5 Å². The molecular formula is C20H18F2N2. The first-order valence-electron chi connectivity index (χ1n) is 8.05. The van der Waals surface area contributed by atoms with Crippen molar-refractivity contribution in [2.24, 2.45) is 0 Å². The molecular weight excluding hydrogens is 306 g/mol. The molecule has 0 radical (unpaired) electrons. The van der Waals surface area contributed by atoms with Gasteiger partial charge in [-0.05, 0) is 54.6 Å². The molecule has 3 aromatic rings. The van der Waals surface area contributed by atoms with E-state index in [-0.39, 0.29) is 11.6 Å². The summed E-state index contributed by atoms with van der Waals surface area (Å²) in [5.41, 5.74) is 4.37. The van der Waals surface area contributed by atoms with E-state index >= 15 is 0 Å². The lowest BCUT2D eigenvalue weighted by atomic mass is 10.1. The highest BCUT2D eigenvalue weighted by Gasteiger charge is 2.21. The van der Waals surface area contributed by atoms with E-state index in [1.54, 1.807) is 18.2 Å². The largest absolute Gasteiger partial charge is 0.320 e. The van der Waals surface area contributed by atoms with Crippen LogP contribution in [0.4, 0.5) is 8.78 Å². The molecule has 24 heavy (non-hydrogen) atoms. The highest BCUT2D eigenvalue weighted by molar-refractivity contribution is 5.88. The summed E-state index contributed by atoms with van der Waals surface area (Å²) in [5, 5.41) is 0.973. The molecule has 0 N–H and O–H groups in total. The zero-order valence-electron chi connectivity index (χ0n) is 13.5. The van der Waals surface area contributed by atoms with Gasteiger partial charge < -0.3 is 9.47 Å². The first-order valence-corrected chi connectivity index (χ1v) is 8.05. The van der Waals surface area contributed by atoms with Crippen LogP contribution in [0.5, 0.6) is 0 Å². The minimum Gasteiger partial charge on any atom is -0.320 e. The van der Waals surface area contributed by atoms with Gasteiger partial charge in [0.15, 0.2) is 0 Å². The zero-order chi connectivity index (χ0) is 16.7. The van der Waals surface area contributed by atoms with Crippen molar-refractivity contribution in [2.75, 3.05) is 13.6 Å². The number of hydrogen-bond acceptors (Lipinski definition) is 1. The molecule has 0 fully saturated rings. The number of halogens is 2. The van der Waals surface area contributed by atoms with Crippen molar-refractivity contribution < 1.29 is 8.78 Å². The van der Waals surface area contributed by atoms with Gasteiger partial charge in [0.2, 0.25) is 0 Å². The van der Waals surface area contributed by atoms with Gasteiger partial charge in [0.25, 0.3) is 0 Å². The van der Waals surface area contributed by atoms with Crippen molar-refractivity contribution in [1.29, 1.82) is 0 Å².